The van der Waals surface area contributed by atoms with E-state index in [1.54, 1.807) is 0 Å². The molecule has 0 aromatic carbocycles. The second-order valence-electron chi connectivity index (χ2n) is 8.89. The Morgan fingerprint density at radius 1 is 0.458 bits per heavy atom. The molecule has 0 radical (unpaired) electrons. The lowest BCUT2D eigenvalue weighted by molar-refractivity contribution is 0.154. The van der Waals surface area contributed by atoms with Crippen LogP contribution in [0.1, 0.15) is 103 Å². The summed E-state index contributed by atoms with van der Waals surface area (Å²) in [7, 11) is 0. The van der Waals surface area contributed by atoms with Gasteiger partial charge in [-0.05, 0) is 51.4 Å². The van der Waals surface area contributed by atoms with E-state index < -0.39 is 0 Å². The molecule has 0 heterocycles. The molecule has 0 aromatic rings. The van der Waals surface area contributed by atoms with Gasteiger partial charge < -0.3 is 9.80 Å². The Balaban J connectivity index is 1.56. The molecule has 4 rings (SSSR count). The molecule has 0 spiro atoms. The van der Waals surface area contributed by atoms with Crippen molar-refractivity contribution in [2.24, 2.45) is 0 Å². The van der Waals surface area contributed by atoms with Crippen LogP contribution in [0, 0.1) is 5.41 Å². The minimum Gasteiger partial charge on any atom is -0.337 e. The molecule has 0 aromatic heterocycles. The van der Waals surface area contributed by atoms with Gasteiger partial charge in [-0.25, -0.2) is 0 Å². The van der Waals surface area contributed by atoms with E-state index in [2.05, 4.69) is 9.80 Å². The van der Waals surface area contributed by atoms with Gasteiger partial charge >= 0.3 is 0 Å². The summed E-state index contributed by atoms with van der Waals surface area (Å²) in [4.78, 5) is 5.30. The Morgan fingerprint density at radius 2 is 0.667 bits per heavy atom. The van der Waals surface area contributed by atoms with Gasteiger partial charge in [0, 0.05) is 24.2 Å². The lowest BCUT2D eigenvalue weighted by Crippen LogP contribution is -2.57. The van der Waals surface area contributed by atoms with Crippen LogP contribution in [0.2, 0.25) is 0 Å². The van der Waals surface area contributed by atoms with Crippen molar-refractivity contribution < 1.29 is 0 Å². The molecule has 0 aliphatic heterocycles. The molecule has 1 N–H and O–H groups in total. The zero-order chi connectivity index (χ0) is 16.4. The molecule has 136 valence electrons. The van der Waals surface area contributed by atoms with Crippen LogP contribution in [-0.2, 0) is 0 Å². The average molecular weight is 332 g/mol. The first kappa shape index (κ1) is 16.7. The normalized spacial score (nSPS) is 27.3. The lowest BCUT2D eigenvalue weighted by Gasteiger charge is -2.45. The van der Waals surface area contributed by atoms with Crippen molar-refractivity contribution in [3.63, 3.8) is 0 Å². The van der Waals surface area contributed by atoms with E-state index in [4.69, 9.17) is 0 Å². The molecule has 0 amide bonds. The van der Waals surface area contributed by atoms with Gasteiger partial charge in [-0.3, -0.25) is 5.41 Å². The van der Waals surface area contributed by atoms with Crippen molar-refractivity contribution in [3.8, 4) is 0 Å². The summed E-state index contributed by atoms with van der Waals surface area (Å²) in [5.74, 6) is 0.951. The van der Waals surface area contributed by atoms with Gasteiger partial charge in [0.25, 0.3) is 0 Å². The van der Waals surface area contributed by atoms with E-state index in [0.29, 0.717) is 24.2 Å². The monoisotopic (exact) mass is 331 g/mol. The summed E-state index contributed by atoms with van der Waals surface area (Å²) >= 11 is 0. The van der Waals surface area contributed by atoms with E-state index in [0.717, 1.165) is 5.96 Å². The van der Waals surface area contributed by atoms with Crippen LogP contribution in [0.4, 0.5) is 0 Å². The molecular weight excluding hydrogens is 294 g/mol. The van der Waals surface area contributed by atoms with E-state index in [1.165, 1.54) is 103 Å². The number of hydrogen-bond donors (Lipinski definition) is 1. The first-order valence-electron chi connectivity index (χ1n) is 11.0. The number of nitrogens with one attached hydrogen (secondary N) is 1. The van der Waals surface area contributed by atoms with Crippen LogP contribution in [0.25, 0.3) is 0 Å². The molecule has 0 atom stereocenters. The highest BCUT2D eigenvalue weighted by Gasteiger charge is 2.39. The van der Waals surface area contributed by atoms with Gasteiger partial charge in [0.1, 0.15) is 0 Å². The highest BCUT2D eigenvalue weighted by Crippen LogP contribution is 2.37. The van der Waals surface area contributed by atoms with E-state index in [1.807, 2.05) is 0 Å². The van der Waals surface area contributed by atoms with E-state index in [9.17, 15) is 5.41 Å². The summed E-state index contributed by atoms with van der Waals surface area (Å²) in [6.45, 7) is 0. The molecular formula is C21H37N3. The quantitative estimate of drug-likeness (QED) is 0.560. The second-order valence-corrected chi connectivity index (χ2v) is 8.89. The van der Waals surface area contributed by atoms with Crippen molar-refractivity contribution >= 4 is 5.96 Å². The van der Waals surface area contributed by atoms with Crippen molar-refractivity contribution in [1.29, 1.82) is 5.41 Å². The summed E-state index contributed by atoms with van der Waals surface area (Å²) in [6.07, 6.45) is 21.7. The van der Waals surface area contributed by atoms with Gasteiger partial charge in [0.2, 0.25) is 0 Å². The third-order valence-electron chi connectivity index (χ3n) is 7.36. The van der Waals surface area contributed by atoms with E-state index >= 15 is 0 Å². The van der Waals surface area contributed by atoms with Crippen molar-refractivity contribution in [2.75, 3.05) is 0 Å². The van der Waals surface area contributed by atoms with Crippen LogP contribution >= 0.6 is 0 Å². The highest BCUT2D eigenvalue weighted by atomic mass is 15.4. The number of nitrogens with zero attached hydrogens (tertiary/aromatic N) is 2. The fraction of sp³-hybridized carbons (Fsp3) is 0.952. The van der Waals surface area contributed by atoms with Gasteiger partial charge in [-0.15, -0.1) is 0 Å². The zero-order valence-corrected chi connectivity index (χ0v) is 15.5. The van der Waals surface area contributed by atoms with Crippen LogP contribution in [-0.4, -0.2) is 39.9 Å². The van der Waals surface area contributed by atoms with Crippen molar-refractivity contribution in [1.82, 2.24) is 9.80 Å². The van der Waals surface area contributed by atoms with E-state index in [-0.39, 0.29) is 0 Å². The van der Waals surface area contributed by atoms with Crippen LogP contribution < -0.4 is 0 Å². The first-order chi connectivity index (χ1) is 11.8. The Morgan fingerprint density at radius 3 is 0.875 bits per heavy atom. The maximum Gasteiger partial charge on any atom is 0.194 e. The highest BCUT2D eigenvalue weighted by molar-refractivity contribution is 5.78. The van der Waals surface area contributed by atoms with Crippen LogP contribution in [0.3, 0.4) is 0 Å². The summed E-state index contributed by atoms with van der Waals surface area (Å²) in [5.41, 5.74) is 0. The third kappa shape index (κ3) is 3.32. The van der Waals surface area contributed by atoms with Gasteiger partial charge in [-0.2, -0.15) is 0 Å². The molecule has 3 nitrogen and oxygen atoms in total. The Kier molecular flexibility index (Phi) is 5.34. The number of guanidine groups is 1. The Bertz CT molecular complexity index is 341. The predicted octanol–water partition coefficient (Wildman–Crippen LogP) is 5.30. The fourth-order valence-electron chi connectivity index (χ4n) is 6.15. The molecule has 3 heteroatoms. The molecule has 0 saturated heterocycles. The molecule has 0 unspecified atom stereocenters. The third-order valence-corrected chi connectivity index (χ3v) is 7.36. The van der Waals surface area contributed by atoms with Crippen molar-refractivity contribution in [3.05, 3.63) is 0 Å². The van der Waals surface area contributed by atoms with Gasteiger partial charge in [0.15, 0.2) is 5.96 Å². The predicted molar refractivity (Wildman–Crippen MR) is 100 cm³/mol. The molecule has 4 aliphatic rings. The topological polar surface area (TPSA) is 30.3 Å². The van der Waals surface area contributed by atoms with Crippen LogP contribution in [0.5, 0.6) is 0 Å². The number of hydrogen-bond acceptors (Lipinski definition) is 1. The van der Waals surface area contributed by atoms with Crippen molar-refractivity contribution in [2.45, 2.75) is 127 Å². The maximum atomic E-state index is 9.31. The van der Waals surface area contributed by atoms with Gasteiger partial charge in [-0.1, -0.05) is 51.4 Å². The SMILES string of the molecule is N=C(N(C1CCCC1)C1CCCC1)N(C1CCCC1)C1CCCC1. The zero-order valence-electron chi connectivity index (χ0n) is 15.5. The van der Waals surface area contributed by atoms with Gasteiger partial charge in [0.05, 0.1) is 0 Å². The first-order valence-corrected chi connectivity index (χ1v) is 11.0. The Hall–Kier alpha value is -0.730. The second kappa shape index (κ2) is 7.66. The molecule has 4 fully saturated rings. The molecule has 4 saturated carbocycles. The summed E-state index contributed by atoms with van der Waals surface area (Å²) in [6, 6.07) is 2.69. The average Bonchev–Trinajstić information content (AvgIpc) is 3.38. The largest absolute Gasteiger partial charge is 0.337 e. The molecule has 0 bridgehead atoms. The Labute approximate surface area is 148 Å². The summed E-state index contributed by atoms with van der Waals surface area (Å²) < 4.78 is 0. The maximum absolute atomic E-state index is 9.31. The minimum atomic E-state index is 0.672. The number of rotatable bonds is 4. The molecule has 24 heavy (non-hydrogen) atoms. The minimum absolute atomic E-state index is 0.672. The lowest BCUT2D eigenvalue weighted by atomic mass is 10.1. The summed E-state index contributed by atoms with van der Waals surface area (Å²) in [5, 5.41) is 9.31. The van der Waals surface area contributed by atoms with Crippen LogP contribution in [0.15, 0.2) is 0 Å². The molecule has 4 aliphatic carbocycles. The smallest absolute Gasteiger partial charge is 0.194 e. The standard InChI is InChI=1S/C21H37N3/c22-21(23(17-9-1-2-10-17)18-11-3-4-12-18)24(19-13-5-6-14-19)20-15-7-8-16-20/h17-20,22H,1-16H2. The fourth-order valence-corrected chi connectivity index (χ4v) is 6.15.